The molecule has 5 heavy (non-hydrogen) atoms. The fourth-order valence-corrected chi connectivity index (χ4v) is 0.224. The van der Waals surface area contributed by atoms with Crippen LogP contribution in [0.1, 0.15) is 6.92 Å². The van der Waals surface area contributed by atoms with Crippen molar-refractivity contribution in [1.29, 1.82) is 5.16 Å². The third-order valence-electron chi connectivity index (χ3n) is 0.224. The zero-order chi connectivity index (χ0) is 4.12. The number of rotatable bonds is 1. The predicted octanol–water partition coefficient (Wildman–Crippen LogP) is 2.23. The van der Waals surface area contributed by atoms with Crippen LogP contribution in [0.3, 0.4) is 0 Å². The Labute approximate surface area is 33.4 Å². The van der Waals surface area contributed by atoms with Crippen LogP contribution in [-0.4, -0.2) is 0 Å². The van der Waals surface area contributed by atoms with Gasteiger partial charge in [-0.2, -0.15) is 0 Å². The van der Waals surface area contributed by atoms with Gasteiger partial charge in [-0.05, 0) is 12.7 Å². The van der Waals surface area contributed by atoms with Crippen LogP contribution < -0.4 is 0 Å². The highest BCUT2D eigenvalue weighted by Gasteiger charge is 1.45. The Morgan fingerprint density at radius 1 is 1.80 bits per heavy atom. The second kappa shape index (κ2) is 3.84. The van der Waals surface area contributed by atoms with Gasteiger partial charge in [0.1, 0.15) is 0 Å². The first kappa shape index (κ1) is 4.84. The van der Waals surface area contributed by atoms with Gasteiger partial charge in [0, 0.05) is 8.37 Å². The van der Waals surface area contributed by atoms with E-state index in [0.717, 1.165) is 0 Å². The Hall–Kier alpha value is -0.160. The minimum atomic E-state index is 0.599. The summed E-state index contributed by atoms with van der Waals surface area (Å²) < 4.78 is 0. The van der Waals surface area contributed by atoms with E-state index < -0.39 is 0 Å². The SMILES string of the molecule is C/C=C/P=N. The summed E-state index contributed by atoms with van der Waals surface area (Å²) in [5.74, 6) is 1.76. The Balaban J connectivity index is 2.92. The van der Waals surface area contributed by atoms with E-state index in [2.05, 4.69) is 0 Å². The number of nitrogens with one attached hydrogen (secondary N) is 1. The van der Waals surface area contributed by atoms with Crippen LogP contribution in [0, 0.1) is 5.16 Å². The van der Waals surface area contributed by atoms with Crippen molar-refractivity contribution in [2.75, 3.05) is 0 Å². The second-order valence-electron chi connectivity index (χ2n) is 0.612. The topological polar surface area (TPSA) is 23.9 Å². The molecular formula is C3H6NP. The summed E-state index contributed by atoms with van der Waals surface area (Å²) in [5, 5.41) is 6.49. The molecule has 0 aromatic rings. The van der Waals surface area contributed by atoms with Gasteiger partial charge in [0.15, 0.2) is 0 Å². The van der Waals surface area contributed by atoms with Crippen LogP contribution >= 0.6 is 8.37 Å². The molecule has 0 saturated heterocycles. The number of allylic oxidation sites excluding steroid dienone is 1. The van der Waals surface area contributed by atoms with Gasteiger partial charge in [-0.25, -0.2) is 0 Å². The molecule has 0 radical (unpaired) electrons. The molecule has 0 fully saturated rings. The highest BCUT2D eigenvalue weighted by atomic mass is 31.1. The molecule has 0 rings (SSSR count). The van der Waals surface area contributed by atoms with Crippen molar-refractivity contribution in [3.8, 4) is 0 Å². The summed E-state index contributed by atoms with van der Waals surface area (Å²) in [7, 11) is 0.599. The molecule has 1 nitrogen and oxygen atoms in total. The van der Waals surface area contributed by atoms with Crippen LogP contribution in [0.4, 0.5) is 0 Å². The molecule has 28 valence electrons. The van der Waals surface area contributed by atoms with Crippen molar-refractivity contribution < 1.29 is 0 Å². The lowest BCUT2D eigenvalue weighted by molar-refractivity contribution is 1.64. The molecule has 0 unspecified atom stereocenters. The van der Waals surface area contributed by atoms with E-state index in [0.29, 0.717) is 8.37 Å². The molecule has 0 amide bonds. The van der Waals surface area contributed by atoms with Crippen molar-refractivity contribution in [1.82, 2.24) is 0 Å². The lowest BCUT2D eigenvalue weighted by atomic mass is 10.8. The standard InChI is InChI=1S/C3H6NP/c1-2-3-5-4/h2-4H,1H3/b3-2+. The summed E-state index contributed by atoms with van der Waals surface area (Å²) in [5.41, 5.74) is 0. The first-order valence-corrected chi connectivity index (χ1v) is 2.36. The number of hydrogen-bond donors (Lipinski definition) is 1. The fraction of sp³-hybridized carbons (Fsp3) is 0.333. The van der Waals surface area contributed by atoms with Gasteiger partial charge in [-0.1, -0.05) is 6.08 Å². The van der Waals surface area contributed by atoms with E-state index in [1.54, 1.807) is 5.82 Å². The Kier molecular flexibility index (Phi) is 3.72. The molecule has 1 N–H and O–H groups in total. The lowest BCUT2D eigenvalue weighted by Crippen LogP contribution is -1.22. The van der Waals surface area contributed by atoms with E-state index >= 15 is 0 Å². The average Bonchev–Trinajstić information content (AvgIpc) is 1.41. The summed E-state index contributed by atoms with van der Waals surface area (Å²) in [4.78, 5) is 0. The molecule has 0 bridgehead atoms. The predicted molar refractivity (Wildman–Crippen MR) is 24.5 cm³/mol. The Morgan fingerprint density at radius 3 is 2.40 bits per heavy atom. The quantitative estimate of drug-likeness (QED) is 0.474. The summed E-state index contributed by atoms with van der Waals surface area (Å²) >= 11 is 0. The van der Waals surface area contributed by atoms with Crippen LogP contribution in [0.2, 0.25) is 0 Å². The maximum absolute atomic E-state index is 6.49. The van der Waals surface area contributed by atoms with Crippen LogP contribution in [0.5, 0.6) is 0 Å². The van der Waals surface area contributed by atoms with Gasteiger partial charge in [0.25, 0.3) is 0 Å². The van der Waals surface area contributed by atoms with Crippen molar-refractivity contribution in [3.05, 3.63) is 11.9 Å². The molecule has 0 aliphatic rings. The maximum Gasteiger partial charge on any atom is 0.0268 e. The molecule has 0 heterocycles. The Morgan fingerprint density at radius 2 is 2.40 bits per heavy atom. The van der Waals surface area contributed by atoms with Crippen molar-refractivity contribution in [2.24, 2.45) is 0 Å². The Bertz CT molecular complexity index is 48.9. The molecule has 0 aromatic carbocycles. The van der Waals surface area contributed by atoms with E-state index in [1.165, 1.54) is 0 Å². The van der Waals surface area contributed by atoms with E-state index in [4.69, 9.17) is 5.16 Å². The molecule has 0 saturated carbocycles. The zero-order valence-electron chi connectivity index (χ0n) is 3.10. The van der Waals surface area contributed by atoms with Gasteiger partial charge in [0.2, 0.25) is 0 Å². The smallest absolute Gasteiger partial charge is 0.0268 e. The average molecular weight is 87.1 g/mol. The van der Waals surface area contributed by atoms with Crippen LogP contribution in [0.25, 0.3) is 0 Å². The lowest BCUT2D eigenvalue weighted by Gasteiger charge is -1.53. The zero-order valence-corrected chi connectivity index (χ0v) is 4.00. The highest BCUT2D eigenvalue weighted by molar-refractivity contribution is 7.29. The molecule has 0 atom stereocenters. The largest absolute Gasteiger partial charge is 0.279 e. The maximum atomic E-state index is 6.49. The normalized spacial score (nSPS) is 10.6. The summed E-state index contributed by atoms with van der Waals surface area (Å²) in [6.45, 7) is 1.90. The summed E-state index contributed by atoms with van der Waals surface area (Å²) in [6, 6.07) is 0. The van der Waals surface area contributed by atoms with Crippen LogP contribution in [0.15, 0.2) is 11.9 Å². The van der Waals surface area contributed by atoms with Gasteiger partial charge >= 0.3 is 0 Å². The third kappa shape index (κ3) is 3.84. The monoisotopic (exact) mass is 87.0 g/mol. The fourth-order valence-electron chi connectivity index (χ4n) is 0.0745. The third-order valence-corrected chi connectivity index (χ3v) is 0.671. The first-order chi connectivity index (χ1) is 2.41. The van der Waals surface area contributed by atoms with Crippen LogP contribution in [-0.2, 0) is 0 Å². The molecule has 0 spiro atoms. The molecule has 2 heteroatoms. The van der Waals surface area contributed by atoms with E-state index in [9.17, 15) is 0 Å². The summed E-state index contributed by atoms with van der Waals surface area (Å²) in [6.07, 6.45) is 1.86. The van der Waals surface area contributed by atoms with Gasteiger partial charge in [0.05, 0.1) is 0 Å². The molecule has 0 aliphatic heterocycles. The van der Waals surface area contributed by atoms with Crippen molar-refractivity contribution in [3.63, 3.8) is 0 Å². The molecule has 0 aliphatic carbocycles. The van der Waals surface area contributed by atoms with E-state index in [-0.39, 0.29) is 0 Å². The van der Waals surface area contributed by atoms with Crippen molar-refractivity contribution in [2.45, 2.75) is 6.92 Å². The van der Waals surface area contributed by atoms with Gasteiger partial charge in [-0.3, -0.25) is 5.16 Å². The first-order valence-electron chi connectivity index (χ1n) is 1.39. The number of hydrogen-bond acceptors (Lipinski definition) is 1. The van der Waals surface area contributed by atoms with Gasteiger partial charge in [-0.15, -0.1) is 0 Å². The minimum absolute atomic E-state index is 0.599. The molecule has 0 aromatic heterocycles. The van der Waals surface area contributed by atoms with Gasteiger partial charge < -0.3 is 0 Å². The van der Waals surface area contributed by atoms with E-state index in [1.807, 2.05) is 13.0 Å². The minimum Gasteiger partial charge on any atom is -0.279 e. The van der Waals surface area contributed by atoms with Crippen molar-refractivity contribution >= 4 is 8.37 Å². The second-order valence-corrected chi connectivity index (χ2v) is 1.17. The molecular weight excluding hydrogens is 81.0 g/mol. The highest BCUT2D eigenvalue weighted by Crippen LogP contribution is 1.90.